The van der Waals surface area contributed by atoms with E-state index >= 15 is 0 Å². The van der Waals surface area contributed by atoms with Crippen LogP contribution in [0.2, 0.25) is 0 Å². The zero-order valence-corrected chi connectivity index (χ0v) is 14.0. The molecule has 0 saturated heterocycles. The fraction of sp³-hybridized carbons (Fsp3) is 0.158. The SMILES string of the molecule is CN(C#N)C(=O)C(Cc1ccc2ccccc2c1)NC(=O)/C=C/C(=O)O. The monoisotopic (exact) mass is 351 g/mol. The van der Waals surface area contributed by atoms with Gasteiger partial charge < -0.3 is 10.4 Å². The highest BCUT2D eigenvalue weighted by Crippen LogP contribution is 2.17. The summed E-state index contributed by atoms with van der Waals surface area (Å²) in [4.78, 5) is 35.6. The fourth-order valence-corrected chi connectivity index (χ4v) is 2.45. The molecule has 0 heterocycles. The summed E-state index contributed by atoms with van der Waals surface area (Å²) >= 11 is 0. The van der Waals surface area contributed by atoms with Crippen molar-refractivity contribution in [3.63, 3.8) is 0 Å². The normalized spacial score (nSPS) is 11.7. The Morgan fingerprint density at radius 1 is 1.19 bits per heavy atom. The number of carboxylic acid groups (broad SMARTS) is 1. The summed E-state index contributed by atoms with van der Waals surface area (Å²) < 4.78 is 0. The molecule has 132 valence electrons. The Balaban J connectivity index is 2.24. The van der Waals surface area contributed by atoms with E-state index in [0.29, 0.717) is 6.08 Å². The van der Waals surface area contributed by atoms with E-state index in [0.717, 1.165) is 27.3 Å². The lowest BCUT2D eigenvalue weighted by Gasteiger charge is -2.19. The number of rotatable bonds is 6. The lowest BCUT2D eigenvalue weighted by molar-refractivity contribution is -0.132. The standard InChI is InChI=1S/C19H17N3O4/c1-22(12-20)19(26)16(21-17(23)8-9-18(24)25)11-13-6-7-14-4-2-3-5-15(14)10-13/h2-10,16H,11H2,1H3,(H,21,23)(H,24,25)/b9-8+. The summed E-state index contributed by atoms with van der Waals surface area (Å²) in [6.45, 7) is 0. The quantitative estimate of drug-likeness (QED) is 0.465. The average molecular weight is 351 g/mol. The van der Waals surface area contributed by atoms with Gasteiger partial charge in [0.05, 0.1) is 0 Å². The number of hydrogen-bond acceptors (Lipinski definition) is 4. The van der Waals surface area contributed by atoms with E-state index < -0.39 is 23.8 Å². The summed E-state index contributed by atoms with van der Waals surface area (Å²) in [6, 6.07) is 12.4. The maximum atomic E-state index is 12.4. The molecule has 2 N–H and O–H groups in total. The molecular weight excluding hydrogens is 334 g/mol. The number of carbonyl (C=O) groups is 3. The van der Waals surface area contributed by atoms with Crippen LogP contribution in [0.4, 0.5) is 0 Å². The second-order valence-corrected chi connectivity index (χ2v) is 5.62. The lowest BCUT2D eigenvalue weighted by atomic mass is 10.0. The van der Waals surface area contributed by atoms with E-state index in [1.165, 1.54) is 7.05 Å². The largest absolute Gasteiger partial charge is 0.478 e. The molecule has 0 bridgehead atoms. The van der Waals surface area contributed by atoms with Crippen LogP contribution in [-0.2, 0) is 20.8 Å². The van der Waals surface area contributed by atoms with Crippen molar-refractivity contribution in [1.82, 2.24) is 10.2 Å². The molecule has 0 saturated carbocycles. The third-order valence-corrected chi connectivity index (χ3v) is 3.73. The summed E-state index contributed by atoms with van der Waals surface area (Å²) in [6.07, 6.45) is 3.38. The average Bonchev–Trinajstić information content (AvgIpc) is 2.64. The Hall–Kier alpha value is -3.66. The highest BCUT2D eigenvalue weighted by atomic mass is 16.4. The molecule has 26 heavy (non-hydrogen) atoms. The van der Waals surface area contributed by atoms with Crippen molar-refractivity contribution in [3.8, 4) is 6.19 Å². The first kappa shape index (κ1) is 18.7. The van der Waals surface area contributed by atoms with Gasteiger partial charge in [-0.05, 0) is 16.3 Å². The molecule has 0 aliphatic carbocycles. The molecule has 0 aliphatic rings. The van der Waals surface area contributed by atoms with E-state index in [-0.39, 0.29) is 6.42 Å². The molecule has 2 aromatic rings. The van der Waals surface area contributed by atoms with Crippen LogP contribution >= 0.6 is 0 Å². The number of amides is 2. The predicted molar refractivity (Wildman–Crippen MR) is 94.7 cm³/mol. The van der Waals surface area contributed by atoms with Crippen LogP contribution < -0.4 is 5.32 Å². The van der Waals surface area contributed by atoms with Crippen LogP contribution in [0.3, 0.4) is 0 Å². The number of carboxylic acids is 1. The van der Waals surface area contributed by atoms with Crippen molar-refractivity contribution in [2.24, 2.45) is 0 Å². The first-order valence-electron chi connectivity index (χ1n) is 7.77. The van der Waals surface area contributed by atoms with E-state index in [2.05, 4.69) is 5.32 Å². The number of nitriles is 1. The highest BCUT2D eigenvalue weighted by Gasteiger charge is 2.24. The van der Waals surface area contributed by atoms with Gasteiger partial charge in [-0.3, -0.25) is 14.5 Å². The number of fused-ring (bicyclic) bond motifs is 1. The molecule has 0 fully saturated rings. The van der Waals surface area contributed by atoms with Gasteiger partial charge in [-0.2, -0.15) is 5.26 Å². The Morgan fingerprint density at radius 2 is 1.88 bits per heavy atom. The number of aliphatic carboxylic acids is 1. The molecule has 0 spiro atoms. The van der Waals surface area contributed by atoms with Crippen molar-refractivity contribution in [2.45, 2.75) is 12.5 Å². The number of likely N-dealkylation sites (N-methyl/N-ethyl adjacent to an activating group) is 1. The maximum Gasteiger partial charge on any atom is 0.328 e. The number of carbonyl (C=O) groups excluding carboxylic acids is 2. The van der Waals surface area contributed by atoms with Gasteiger partial charge in [0.25, 0.3) is 5.91 Å². The minimum absolute atomic E-state index is 0.169. The topological polar surface area (TPSA) is 111 Å². The molecule has 0 aliphatic heterocycles. The first-order valence-corrected chi connectivity index (χ1v) is 7.77. The minimum atomic E-state index is -1.27. The van der Waals surface area contributed by atoms with Gasteiger partial charge in [0.1, 0.15) is 6.04 Å². The van der Waals surface area contributed by atoms with Crippen LogP contribution in [0.1, 0.15) is 5.56 Å². The molecule has 2 rings (SSSR count). The fourth-order valence-electron chi connectivity index (χ4n) is 2.45. The van der Waals surface area contributed by atoms with Crippen molar-refractivity contribution < 1.29 is 19.5 Å². The van der Waals surface area contributed by atoms with Gasteiger partial charge in [-0.15, -0.1) is 0 Å². The third-order valence-electron chi connectivity index (χ3n) is 3.73. The van der Waals surface area contributed by atoms with Gasteiger partial charge in [-0.25, -0.2) is 4.79 Å². The second kappa shape index (κ2) is 8.44. The van der Waals surface area contributed by atoms with Crippen molar-refractivity contribution >= 4 is 28.6 Å². The van der Waals surface area contributed by atoms with Crippen LogP contribution in [0.25, 0.3) is 10.8 Å². The minimum Gasteiger partial charge on any atom is -0.478 e. The Labute approximate surface area is 150 Å². The van der Waals surface area contributed by atoms with Crippen molar-refractivity contribution in [1.29, 1.82) is 5.26 Å². The molecule has 2 aromatic carbocycles. The van der Waals surface area contributed by atoms with Gasteiger partial charge in [0.2, 0.25) is 5.91 Å². The molecule has 0 aromatic heterocycles. The summed E-state index contributed by atoms with van der Waals surface area (Å²) in [5, 5.41) is 22.0. The maximum absolute atomic E-state index is 12.4. The van der Waals surface area contributed by atoms with Crippen molar-refractivity contribution in [3.05, 3.63) is 60.2 Å². The number of nitrogens with one attached hydrogen (secondary N) is 1. The molecule has 7 heteroatoms. The number of nitrogens with zero attached hydrogens (tertiary/aromatic N) is 2. The Morgan fingerprint density at radius 3 is 2.54 bits per heavy atom. The highest BCUT2D eigenvalue weighted by molar-refractivity contribution is 5.97. The van der Waals surface area contributed by atoms with E-state index in [4.69, 9.17) is 10.4 Å². The molecule has 7 nitrogen and oxygen atoms in total. The van der Waals surface area contributed by atoms with Crippen LogP contribution in [0, 0.1) is 11.5 Å². The van der Waals surface area contributed by atoms with Crippen LogP contribution in [0.5, 0.6) is 0 Å². The third kappa shape index (κ3) is 4.92. The zero-order chi connectivity index (χ0) is 19.1. The summed E-state index contributed by atoms with van der Waals surface area (Å²) in [7, 11) is 1.30. The molecular formula is C19H17N3O4. The molecule has 1 unspecified atom stereocenters. The van der Waals surface area contributed by atoms with Gasteiger partial charge >= 0.3 is 5.97 Å². The first-order chi connectivity index (χ1) is 12.4. The van der Waals surface area contributed by atoms with Crippen LogP contribution in [-0.4, -0.2) is 40.9 Å². The summed E-state index contributed by atoms with van der Waals surface area (Å²) in [5.74, 6) is -2.58. The lowest BCUT2D eigenvalue weighted by Crippen LogP contribution is -2.47. The second-order valence-electron chi connectivity index (χ2n) is 5.62. The Kier molecular flexibility index (Phi) is 6.06. The smallest absolute Gasteiger partial charge is 0.328 e. The zero-order valence-electron chi connectivity index (χ0n) is 14.0. The van der Waals surface area contributed by atoms with E-state index in [1.807, 2.05) is 42.5 Å². The molecule has 2 amide bonds. The Bertz CT molecular complexity index is 914. The number of hydrogen-bond donors (Lipinski definition) is 2. The van der Waals surface area contributed by atoms with Gasteiger partial charge in [0, 0.05) is 25.6 Å². The number of benzene rings is 2. The van der Waals surface area contributed by atoms with Gasteiger partial charge in [-0.1, -0.05) is 42.5 Å². The van der Waals surface area contributed by atoms with Crippen LogP contribution in [0.15, 0.2) is 54.6 Å². The molecule has 1 atom stereocenters. The van der Waals surface area contributed by atoms with Gasteiger partial charge in [0.15, 0.2) is 6.19 Å². The van der Waals surface area contributed by atoms with E-state index in [1.54, 1.807) is 6.19 Å². The predicted octanol–water partition coefficient (Wildman–Crippen LogP) is 1.45. The van der Waals surface area contributed by atoms with E-state index in [9.17, 15) is 14.4 Å². The summed E-state index contributed by atoms with van der Waals surface area (Å²) in [5.41, 5.74) is 0.802. The van der Waals surface area contributed by atoms with Crippen molar-refractivity contribution in [2.75, 3.05) is 7.05 Å². The molecule has 0 radical (unpaired) electrons.